The zero-order chi connectivity index (χ0) is 15.4. The second-order valence-electron chi connectivity index (χ2n) is 6.21. The standard InChI is InChI=1S/C17H25N3O2/c18-8-11-20-16-7-10-19(13-14(16)5-6-17(20)21)9-1-3-15-4-2-12-22-15/h1-4,12,14,16H,5-11,13,18H2/b3-1+/t14-,16+/m0/s1. The molecule has 2 aliphatic rings. The van der Waals surface area contributed by atoms with Gasteiger partial charge in [-0.25, -0.2) is 0 Å². The molecule has 2 aliphatic heterocycles. The molecule has 5 nitrogen and oxygen atoms in total. The Balaban J connectivity index is 1.54. The smallest absolute Gasteiger partial charge is 0.222 e. The molecule has 0 spiro atoms. The normalized spacial score (nSPS) is 26.6. The van der Waals surface area contributed by atoms with Crippen molar-refractivity contribution in [3.05, 3.63) is 30.2 Å². The molecule has 1 aromatic rings. The largest absolute Gasteiger partial charge is 0.465 e. The van der Waals surface area contributed by atoms with E-state index in [2.05, 4.69) is 11.0 Å². The molecule has 120 valence electrons. The summed E-state index contributed by atoms with van der Waals surface area (Å²) in [6.07, 6.45) is 8.63. The molecular formula is C17H25N3O2. The Morgan fingerprint density at radius 2 is 2.32 bits per heavy atom. The van der Waals surface area contributed by atoms with Crippen molar-refractivity contribution in [2.45, 2.75) is 25.3 Å². The van der Waals surface area contributed by atoms with Crippen LogP contribution in [0.1, 0.15) is 25.0 Å². The molecule has 0 saturated carbocycles. The quantitative estimate of drug-likeness (QED) is 0.897. The Hall–Kier alpha value is -1.59. The highest BCUT2D eigenvalue weighted by atomic mass is 16.3. The molecule has 5 heteroatoms. The van der Waals surface area contributed by atoms with Crippen LogP contribution >= 0.6 is 0 Å². The summed E-state index contributed by atoms with van der Waals surface area (Å²) in [5.74, 6) is 1.78. The summed E-state index contributed by atoms with van der Waals surface area (Å²) in [5.41, 5.74) is 5.66. The highest BCUT2D eigenvalue weighted by molar-refractivity contribution is 5.77. The fourth-order valence-corrected chi connectivity index (χ4v) is 3.73. The number of furan rings is 1. The summed E-state index contributed by atoms with van der Waals surface area (Å²) < 4.78 is 5.30. The summed E-state index contributed by atoms with van der Waals surface area (Å²) in [6.45, 7) is 4.32. The Bertz CT molecular complexity index is 512. The summed E-state index contributed by atoms with van der Waals surface area (Å²) in [5, 5.41) is 0. The third-order valence-electron chi connectivity index (χ3n) is 4.79. The van der Waals surface area contributed by atoms with E-state index in [0.717, 1.165) is 38.2 Å². The lowest BCUT2D eigenvalue weighted by molar-refractivity contribution is -0.140. The van der Waals surface area contributed by atoms with Crippen LogP contribution in [-0.4, -0.2) is 54.5 Å². The molecule has 1 aromatic heterocycles. The zero-order valence-electron chi connectivity index (χ0n) is 13.0. The highest BCUT2D eigenvalue weighted by Gasteiger charge is 2.38. The van der Waals surface area contributed by atoms with Crippen molar-refractivity contribution < 1.29 is 9.21 Å². The minimum Gasteiger partial charge on any atom is -0.465 e. The van der Waals surface area contributed by atoms with E-state index in [1.807, 2.05) is 23.1 Å². The molecule has 1 amide bonds. The topological polar surface area (TPSA) is 62.7 Å². The lowest BCUT2D eigenvalue weighted by Crippen LogP contribution is -2.56. The minimum atomic E-state index is 0.290. The summed E-state index contributed by atoms with van der Waals surface area (Å²) in [7, 11) is 0. The summed E-state index contributed by atoms with van der Waals surface area (Å²) in [6, 6.07) is 4.26. The number of hydrogen-bond acceptors (Lipinski definition) is 4. The van der Waals surface area contributed by atoms with Crippen LogP contribution in [0.25, 0.3) is 6.08 Å². The molecule has 2 saturated heterocycles. The first kappa shape index (κ1) is 15.3. The van der Waals surface area contributed by atoms with Gasteiger partial charge in [-0.15, -0.1) is 0 Å². The van der Waals surface area contributed by atoms with E-state index in [1.165, 1.54) is 0 Å². The van der Waals surface area contributed by atoms with Gasteiger partial charge in [0.05, 0.1) is 6.26 Å². The lowest BCUT2D eigenvalue weighted by atomic mass is 9.83. The molecule has 0 aliphatic carbocycles. The van der Waals surface area contributed by atoms with Crippen LogP contribution < -0.4 is 5.73 Å². The molecule has 0 unspecified atom stereocenters. The van der Waals surface area contributed by atoms with Gasteiger partial charge in [0.1, 0.15) is 5.76 Å². The van der Waals surface area contributed by atoms with Crippen molar-refractivity contribution in [1.29, 1.82) is 0 Å². The van der Waals surface area contributed by atoms with Crippen molar-refractivity contribution in [2.24, 2.45) is 11.7 Å². The summed E-state index contributed by atoms with van der Waals surface area (Å²) >= 11 is 0. The van der Waals surface area contributed by atoms with Crippen LogP contribution in [0.5, 0.6) is 0 Å². The van der Waals surface area contributed by atoms with E-state index in [-0.39, 0.29) is 5.91 Å². The number of amides is 1. The average molecular weight is 303 g/mol. The number of rotatable bonds is 5. The SMILES string of the molecule is NCCN1C(=O)CC[C@H]2CN(C/C=C/c3ccco3)CC[C@H]21. The van der Waals surface area contributed by atoms with Gasteiger partial charge in [-0.3, -0.25) is 9.69 Å². The number of piperidine rings is 2. The lowest BCUT2D eigenvalue weighted by Gasteiger charge is -2.47. The van der Waals surface area contributed by atoms with Gasteiger partial charge in [0.2, 0.25) is 5.91 Å². The third kappa shape index (κ3) is 3.42. The maximum absolute atomic E-state index is 12.1. The first-order valence-electron chi connectivity index (χ1n) is 8.20. The van der Waals surface area contributed by atoms with E-state index in [0.29, 0.717) is 31.5 Å². The van der Waals surface area contributed by atoms with Gasteiger partial charge >= 0.3 is 0 Å². The minimum absolute atomic E-state index is 0.290. The maximum atomic E-state index is 12.1. The second-order valence-corrected chi connectivity index (χ2v) is 6.21. The predicted molar refractivity (Wildman–Crippen MR) is 86.1 cm³/mol. The van der Waals surface area contributed by atoms with Gasteiger partial charge in [0, 0.05) is 45.2 Å². The zero-order valence-corrected chi connectivity index (χ0v) is 13.0. The molecule has 22 heavy (non-hydrogen) atoms. The maximum Gasteiger partial charge on any atom is 0.222 e. The second kappa shape index (κ2) is 7.11. The van der Waals surface area contributed by atoms with Crippen molar-refractivity contribution in [3.63, 3.8) is 0 Å². The molecular weight excluding hydrogens is 278 g/mol. The van der Waals surface area contributed by atoms with Crippen LogP contribution in [0.3, 0.4) is 0 Å². The Morgan fingerprint density at radius 3 is 3.09 bits per heavy atom. The molecule has 0 aromatic carbocycles. The fourth-order valence-electron chi connectivity index (χ4n) is 3.73. The molecule has 3 rings (SSSR count). The molecule has 0 bridgehead atoms. The number of nitrogens with two attached hydrogens (primary N) is 1. The van der Waals surface area contributed by atoms with Gasteiger partial charge in [-0.2, -0.15) is 0 Å². The van der Waals surface area contributed by atoms with Crippen molar-refractivity contribution in [1.82, 2.24) is 9.80 Å². The van der Waals surface area contributed by atoms with E-state index in [9.17, 15) is 4.79 Å². The molecule has 2 atom stereocenters. The number of nitrogens with zero attached hydrogens (tertiary/aromatic N) is 2. The van der Waals surface area contributed by atoms with E-state index < -0.39 is 0 Å². The van der Waals surface area contributed by atoms with Gasteiger partial charge in [0.25, 0.3) is 0 Å². The third-order valence-corrected chi connectivity index (χ3v) is 4.79. The van der Waals surface area contributed by atoms with Gasteiger partial charge in [0.15, 0.2) is 0 Å². The fraction of sp³-hybridized carbons (Fsp3) is 0.588. The average Bonchev–Trinajstić information content (AvgIpc) is 3.04. The predicted octanol–water partition coefficient (Wildman–Crippen LogP) is 1.56. The van der Waals surface area contributed by atoms with Crippen molar-refractivity contribution in [3.8, 4) is 0 Å². The van der Waals surface area contributed by atoms with Gasteiger partial charge in [-0.1, -0.05) is 6.08 Å². The molecule has 3 heterocycles. The highest BCUT2D eigenvalue weighted by Crippen LogP contribution is 2.30. The first-order valence-corrected chi connectivity index (χ1v) is 8.20. The molecule has 2 fully saturated rings. The number of fused-ring (bicyclic) bond motifs is 1. The van der Waals surface area contributed by atoms with E-state index in [1.54, 1.807) is 6.26 Å². The van der Waals surface area contributed by atoms with Crippen LogP contribution in [0, 0.1) is 5.92 Å². The van der Waals surface area contributed by atoms with Gasteiger partial charge in [-0.05, 0) is 37.0 Å². The van der Waals surface area contributed by atoms with Crippen LogP contribution in [0.2, 0.25) is 0 Å². The first-order chi connectivity index (χ1) is 10.8. The Morgan fingerprint density at radius 1 is 1.41 bits per heavy atom. The monoisotopic (exact) mass is 303 g/mol. The Kier molecular flexibility index (Phi) is 4.95. The van der Waals surface area contributed by atoms with Crippen molar-refractivity contribution >= 4 is 12.0 Å². The van der Waals surface area contributed by atoms with E-state index >= 15 is 0 Å². The van der Waals surface area contributed by atoms with Crippen LogP contribution in [0.15, 0.2) is 28.9 Å². The number of carbonyl (C=O) groups excluding carboxylic acids is 1. The molecule has 2 N–H and O–H groups in total. The van der Waals surface area contributed by atoms with Crippen LogP contribution in [-0.2, 0) is 4.79 Å². The number of likely N-dealkylation sites (tertiary alicyclic amines) is 2. The van der Waals surface area contributed by atoms with E-state index in [4.69, 9.17) is 10.2 Å². The van der Waals surface area contributed by atoms with Crippen LogP contribution in [0.4, 0.5) is 0 Å². The van der Waals surface area contributed by atoms with Crippen molar-refractivity contribution in [2.75, 3.05) is 32.7 Å². The Labute approximate surface area is 131 Å². The summed E-state index contributed by atoms with van der Waals surface area (Å²) in [4.78, 5) is 16.6. The number of hydrogen-bond donors (Lipinski definition) is 1. The number of carbonyl (C=O) groups is 1. The molecule has 0 radical (unpaired) electrons. The van der Waals surface area contributed by atoms with Gasteiger partial charge < -0.3 is 15.1 Å².